The summed E-state index contributed by atoms with van der Waals surface area (Å²) in [4.78, 5) is 40.6. The smallest absolute Gasteiger partial charge is 0.255 e. The Kier molecular flexibility index (Phi) is 5.69. The largest absolute Gasteiger partial charge is 0.330 e. The zero-order valence-electron chi connectivity index (χ0n) is 17.0. The van der Waals surface area contributed by atoms with E-state index in [9.17, 15) is 14.4 Å². The highest BCUT2D eigenvalue weighted by atomic mass is 16.2. The lowest BCUT2D eigenvalue weighted by Crippen LogP contribution is -2.52. The van der Waals surface area contributed by atoms with Crippen molar-refractivity contribution in [1.29, 1.82) is 0 Å². The summed E-state index contributed by atoms with van der Waals surface area (Å²) in [5.74, 6) is -0.102. The van der Waals surface area contributed by atoms with Crippen molar-refractivity contribution in [3.63, 3.8) is 0 Å². The van der Waals surface area contributed by atoms with Gasteiger partial charge in [0.15, 0.2) is 0 Å². The number of nitrogens with zero attached hydrogens (tertiary/aromatic N) is 2. The molecule has 29 heavy (non-hydrogen) atoms. The Labute approximate surface area is 171 Å². The number of nitrogens with two attached hydrogens (primary N) is 1. The molecule has 3 atom stereocenters. The highest BCUT2D eigenvalue weighted by Crippen LogP contribution is 2.30. The van der Waals surface area contributed by atoms with Gasteiger partial charge in [-0.05, 0) is 61.9 Å². The minimum Gasteiger partial charge on any atom is -0.330 e. The van der Waals surface area contributed by atoms with Crippen LogP contribution in [-0.4, -0.2) is 52.7 Å². The van der Waals surface area contributed by atoms with Gasteiger partial charge in [-0.2, -0.15) is 0 Å². The van der Waals surface area contributed by atoms with E-state index in [1.54, 1.807) is 4.90 Å². The Morgan fingerprint density at radius 1 is 1.21 bits per heavy atom. The van der Waals surface area contributed by atoms with Crippen LogP contribution < -0.4 is 11.1 Å². The normalized spacial score (nSPS) is 27.9. The second kappa shape index (κ2) is 8.24. The van der Waals surface area contributed by atoms with Crippen molar-refractivity contribution in [2.24, 2.45) is 11.7 Å². The van der Waals surface area contributed by atoms with Gasteiger partial charge in [0.2, 0.25) is 11.8 Å². The molecule has 7 nitrogen and oxygen atoms in total. The number of hydrogen-bond acceptors (Lipinski definition) is 5. The number of carbonyl (C=O) groups is 3. The molecular weight excluding hydrogens is 368 g/mol. The number of piperidine rings is 2. The summed E-state index contributed by atoms with van der Waals surface area (Å²) in [6, 6.07) is 5.97. The molecule has 1 aromatic carbocycles. The molecule has 0 aliphatic carbocycles. The first-order valence-electron chi connectivity index (χ1n) is 10.7. The maximum atomic E-state index is 12.8. The molecule has 7 heteroatoms. The van der Waals surface area contributed by atoms with E-state index in [1.165, 1.54) is 18.4 Å². The minimum absolute atomic E-state index is 0.117. The summed E-state index contributed by atoms with van der Waals surface area (Å²) in [6.07, 6.45) is 4.13. The fourth-order valence-electron chi connectivity index (χ4n) is 5.13. The van der Waals surface area contributed by atoms with E-state index >= 15 is 0 Å². The van der Waals surface area contributed by atoms with Crippen LogP contribution in [0.15, 0.2) is 18.2 Å². The second-order valence-corrected chi connectivity index (χ2v) is 8.63. The fourth-order valence-corrected chi connectivity index (χ4v) is 5.13. The number of fused-ring (bicyclic) bond motifs is 1. The molecular formula is C22H30N4O3. The second-order valence-electron chi connectivity index (χ2n) is 8.63. The van der Waals surface area contributed by atoms with Crippen molar-refractivity contribution in [1.82, 2.24) is 15.1 Å². The summed E-state index contributed by atoms with van der Waals surface area (Å²) in [5, 5.41) is 2.35. The number of nitrogens with one attached hydrogen (secondary N) is 1. The molecule has 0 radical (unpaired) electrons. The molecule has 156 valence electrons. The van der Waals surface area contributed by atoms with Crippen molar-refractivity contribution in [3.05, 3.63) is 34.9 Å². The van der Waals surface area contributed by atoms with Crippen molar-refractivity contribution in [2.45, 2.75) is 64.2 Å². The van der Waals surface area contributed by atoms with Gasteiger partial charge in [-0.3, -0.25) is 24.6 Å². The van der Waals surface area contributed by atoms with E-state index in [0.29, 0.717) is 37.0 Å². The van der Waals surface area contributed by atoms with Crippen LogP contribution in [0.2, 0.25) is 0 Å². The van der Waals surface area contributed by atoms with Gasteiger partial charge in [0.25, 0.3) is 5.91 Å². The van der Waals surface area contributed by atoms with E-state index in [-0.39, 0.29) is 24.1 Å². The lowest BCUT2D eigenvalue weighted by Gasteiger charge is -2.40. The molecule has 3 amide bonds. The Balaban J connectivity index is 1.49. The average molecular weight is 399 g/mol. The number of rotatable bonds is 5. The number of imide groups is 1. The molecule has 3 N–H and O–H groups in total. The Bertz CT molecular complexity index is 824. The fraction of sp³-hybridized carbons (Fsp3) is 0.591. The van der Waals surface area contributed by atoms with Gasteiger partial charge >= 0.3 is 0 Å². The predicted octanol–water partition coefficient (Wildman–Crippen LogP) is 1.40. The number of amides is 3. The molecule has 2 fully saturated rings. The van der Waals surface area contributed by atoms with Gasteiger partial charge in [-0.25, -0.2) is 0 Å². The third kappa shape index (κ3) is 3.94. The molecule has 2 saturated heterocycles. The number of carbonyl (C=O) groups excluding carboxylic acids is 3. The van der Waals surface area contributed by atoms with Crippen molar-refractivity contribution in [3.8, 4) is 0 Å². The molecule has 0 bridgehead atoms. The third-order valence-electron chi connectivity index (χ3n) is 6.67. The number of hydrogen-bond donors (Lipinski definition) is 2. The van der Waals surface area contributed by atoms with E-state index in [2.05, 4.69) is 23.2 Å². The maximum Gasteiger partial charge on any atom is 0.255 e. The Hall–Kier alpha value is -2.25. The Morgan fingerprint density at radius 2 is 2.03 bits per heavy atom. The van der Waals surface area contributed by atoms with Crippen LogP contribution >= 0.6 is 0 Å². The van der Waals surface area contributed by atoms with Crippen LogP contribution in [0.4, 0.5) is 0 Å². The summed E-state index contributed by atoms with van der Waals surface area (Å²) in [5.41, 5.74) is 8.68. The quantitative estimate of drug-likeness (QED) is 0.731. The van der Waals surface area contributed by atoms with Gasteiger partial charge in [-0.1, -0.05) is 19.1 Å². The van der Waals surface area contributed by atoms with Gasteiger partial charge in [-0.15, -0.1) is 0 Å². The van der Waals surface area contributed by atoms with Crippen LogP contribution in [0.25, 0.3) is 0 Å². The van der Waals surface area contributed by atoms with Gasteiger partial charge in [0.1, 0.15) is 6.04 Å². The molecule has 4 rings (SSSR count). The van der Waals surface area contributed by atoms with Gasteiger partial charge in [0, 0.05) is 31.1 Å². The SMILES string of the molecule is CC1CCCN(Cc2ccc3c(c2)CN(C2CCC(=O)NC2=O)C3=O)C1CCN. The third-order valence-corrected chi connectivity index (χ3v) is 6.67. The summed E-state index contributed by atoms with van der Waals surface area (Å²) in [7, 11) is 0. The number of likely N-dealkylation sites (tertiary alicyclic amines) is 1. The summed E-state index contributed by atoms with van der Waals surface area (Å²) >= 11 is 0. The molecule has 0 aromatic heterocycles. The van der Waals surface area contributed by atoms with Crippen LogP contribution in [0.3, 0.4) is 0 Å². The molecule has 0 saturated carbocycles. The van der Waals surface area contributed by atoms with E-state index < -0.39 is 6.04 Å². The highest BCUT2D eigenvalue weighted by Gasteiger charge is 2.39. The van der Waals surface area contributed by atoms with E-state index in [1.807, 2.05) is 12.1 Å². The van der Waals surface area contributed by atoms with E-state index in [4.69, 9.17) is 5.73 Å². The topological polar surface area (TPSA) is 95.7 Å². The molecule has 3 heterocycles. The van der Waals surface area contributed by atoms with Gasteiger partial charge in [0.05, 0.1) is 0 Å². The lowest BCUT2D eigenvalue weighted by molar-refractivity contribution is -0.136. The Morgan fingerprint density at radius 3 is 2.79 bits per heavy atom. The molecule has 3 aliphatic rings. The molecule has 1 aromatic rings. The van der Waals surface area contributed by atoms with Crippen molar-refractivity contribution < 1.29 is 14.4 Å². The summed E-state index contributed by atoms with van der Waals surface area (Å²) in [6.45, 7) is 5.37. The van der Waals surface area contributed by atoms with Crippen molar-refractivity contribution in [2.75, 3.05) is 13.1 Å². The monoisotopic (exact) mass is 398 g/mol. The first kappa shape index (κ1) is 20.0. The lowest BCUT2D eigenvalue weighted by atomic mass is 9.88. The molecule has 3 unspecified atom stereocenters. The van der Waals surface area contributed by atoms with Crippen molar-refractivity contribution >= 4 is 17.7 Å². The predicted molar refractivity (Wildman–Crippen MR) is 109 cm³/mol. The van der Waals surface area contributed by atoms with Crippen LogP contribution in [0.1, 0.15) is 60.5 Å². The van der Waals surface area contributed by atoms with Crippen LogP contribution in [-0.2, 0) is 22.7 Å². The summed E-state index contributed by atoms with van der Waals surface area (Å²) < 4.78 is 0. The molecule has 3 aliphatic heterocycles. The average Bonchev–Trinajstić information content (AvgIpc) is 3.00. The maximum absolute atomic E-state index is 12.8. The van der Waals surface area contributed by atoms with E-state index in [0.717, 1.165) is 25.1 Å². The number of benzene rings is 1. The molecule has 0 spiro atoms. The zero-order chi connectivity index (χ0) is 20.5. The standard InChI is InChI=1S/C22H30N4O3/c1-14-3-2-10-25(18(14)8-9-23)12-15-4-5-17-16(11-15)13-26(22(17)29)19-6-7-20(27)24-21(19)28/h4-5,11,14,18-19H,2-3,6-10,12-13,23H2,1H3,(H,24,27,28). The zero-order valence-corrected chi connectivity index (χ0v) is 17.0. The first-order chi connectivity index (χ1) is 14.0. The van der Waals surface area contributed by atoms with Gasteiger partial charge < -0.3 is 10.6 Å². The minimum atomic E-state index is -0.562. The first-order valence-corrected chi connectivity index (χ1v) is 10.7. The van der Waals surface area contributed by atoms with Crippen LogP contribution in [0.5, 0.6) is 0 Å². The highest BCUT2D eigenvalue weighted by molar-refractivity contribution is 6.05. The van der Waals surface area contributed by atoms with Crippen LogP contribution in [0, 0.1) is 5.92 Å².